The Morgan fingerprint density at radius 1 is 1.21 bits per heavy atom. The van der Waals surface area contributed by atoms with Gasteiger partial charge in [0.05, 0.1) is 11.9 Å². The van der Waals surface area contributed by atoms with E-state index < -0.39 is 0 Å². The molecule has 0 amide bonds. The fourth-order valence-electron chi connectivity index (χ4n) is 2.07. The molecule has 0 N–H and O–H groups in total. The van der Waals surface area contributed by atoms with Crippen molar-refractivity contribution < 1.29 is 4.79 Å². The normalized spacial score (nSPS) is 10.8. The Morgan fingerprint density at radius 3 is 2.89 bits per heavy atom. The summed E-state index contributed by atoms with van der Waals surface area (Å²) in [6, 6.07) is 9.31. The van der Waals surface area contributed by atoms with Crippen molar-refractivity contribution in [3.8, 4) is 0 Å². The quantitative estimate of drug-likeness (QED) is 0.667. The van der Waals surface area contributed by atoms with Gasteiger partial charge >= 0.3 is 0 Å². The summed E-state index contributed by atoms with van der Waals surface area (Å²) < 4.78 is 1.61. The lowest BCUT2D eigenvalue weighted by Gasteiger charge is -2.04. The lowest BCUT2D eigenvalue weighted by molar-refractivity contribution is 0.0991. The van der Waals surface area contributed by atoms with Crippen molar-refractivity contribution in [2.24, 2.45) is 7.05 Å². The molecule has 0 fully saturated rings. The van der Waals surface area contributed by atoms with E-state index in [1.54, 1.807) is 17.9 Å². The molecule has 0 spiro atoms. The molecule has 0 saturated carbocycles. The predicted octanol–water partition coefficient (Wildman–Crippen LogP) is 1.79. The minimum Gasteiger partial charge on any atom is -0.294 e. The topological polar surface area (TPSA) is 60.7 Å². The van der Waals surface area contributed by atoms with Gasteiger partial charge in [-0.25, -0.2) is 4.98 Å². The largest absolute Gasteiger partial charge is 0.294 e. The summed E-state index contributed by atoms with van der Waals surface area (Å²) in [6.45, 7) is 0. The van der Waals surface area contributed by atoms with Crippen LogP contribution in [-0.4, -0.2) is 25.5 Å². The summed E-state index contributed by atoms with van der Waals surface area (Å²) in [4.78, 5) is 20.7. The average molecular weight is 252 g/mol. The van der Waals surface area contributed by atoms with Crippen molar-refractivity contribution in [1.82, 2.24) is 19.7 Å². The van der Waals surface area contributed by atoms with Crippen LogP contribution in [0.5, 0.6) is 0 Å². The van der Waals surface area contributed by atoms with Crippen LogP contribution >= 0.6 is 0 Å². The van der Waals surface area contributed by atoms with Gasteiger partial charge in [0.2, 0.25) is 0 Å². The zero-order chi connectivity index (χ0) is 13.2. The number of carbonyl (C=O) groups excluding carboxylic acids is 1. The van der Waals surface area contributed by atoms with E-state index in [9.17, 15) is 4.79 Å². The van der Waals surface area contributed by atoms with E-state index in [2.05, 4.69) is 15.1 Å². The summed E-state index contributed by atoms with van der Waals surface area (Å²) in [5, 5.41) is 4.84. The Hall–Kier alpha value is -2.56. The van der Waals surface area contributed by atoms with E-state index >= 15 is 0 Å². The van der Waals surface area contributed by atoms with Crippen molar-refractivity contribution in [2.75, 3.05) is 0 Å². The van der Waals surface area contributed by atoms with Gasteiger partial charge in [-0.05, 0) is 12.1 Å². The predicted molar refractivity (Wildman–Crippen MR) is 70.8 cm³/mol. The Bertz CT molecular complexity index is 743. The first-order valence-corrected chi connectivity index (χ1v) is 5.95. The number of Topliss-reactive ketones (excluding diaryl/α,β-unsaturated/α-hetero) is 1. The first kappa shape index (κ1) is 11.5. The van der Waals surface area contributed by atoms with Crippen LogP contribution in [0, 0.1) is 0 Å². The molecule has 0 bridgehead atoms. The molecule has 0 saturated heterocycles. The maximum absolute atomic E-state index is 12.4. The Labute approximate surface area is 109 Å². The average Bonchev–Trinajstić information content (AvgIpc) is 2.83. The molecule has 3 aromatic rings. The van der Waals surface area contributed by atoms with Gasteiger partial charge in [-0.15, -0.1) is 0 Å². The highest BCUT2D eigenvalue weighted by Gasteiger charge is 2.13. The second kappa shape index (κ2) is 4.61. The van der Waals surface area contributed by atoms with E-state index in [-0.39, 0.29) is 12.2 Å². The third-order valence-corrected chi connectivity index (χ3v) is 3.07. The van der Waals surface area contributed by atoms with Gasteiger partial charge in [-0.1, -0.05) is 18.2 Å². The van der Waals surface area contributed by atoms with Crippen LogP contribution in [0.1, 0.15) is 16.2 Å². The fourth-order valence-corrected chi connectivity index (χ4v) is 2.07. The van der Waals surface area contributed by atoms with Gasteiger partial charge < -0.3 is 0 Å². The van der Waals surface area contributed by atoms with Gasteiger partial charge in [0.15, 0.2) is 5.78 Å². The molecule has 2 heterocycles. The number of ketones is 1. The third-order valence-electron chi connectivity index (χ3n) is 3.07. The molecule has 2 aromatic heterocycles. The highest BCUT2D eigenvalue weighted by molar-refractivity contribution is 6.07. The molecule has 0 atom stereocenters. The second-order valence-electron chi connectivity index (χ2n) is 4.28. The minimum atomic E-state index is 0.0229. The van der Waals surface area contributed by atoms with Crippen LogP contribution < -0.4 is 0 Å². The van der Waals surface area contributed by atoms with Gasteiger partial charge in [0.1, 0.15) is 12.2 Å². The summed E-state index contributed by atoms with van der Waals surface area (Å²) in [5.41, 5.74) is 1.50. The van der Waals surface area contributed by atoms with Crippen LogP contribution in [0.25, 0.3) is 10.9 Å². The van der Waals surface area contributed by atoms with Crippen LogP contribution in [0.4, 0.5) is 0 Å². The zero-order valence-corrected chi connectivity index (χ0v) is 10.4. The highest BCUT2D eigenvalue weighted by Crippen LogP contribution is 2.18. The molecule has 3 rings (SSSR count). The molecule has 94 valence electrons. The summed E-state index contributed by atoms with van der Waals surface area (Å²) in [6.07, 6.45) is 3.41. The first-order chi connectivity index (χ1) is 9.25. The Kier molecular flexibility index (Phi) is 2.79. The highest BCUT2D eigenvalue weighted by atomic mass is 16.1. The molecule has 0 radical (unpaired) electrons. The van der Waals surface area contributed by atoms with Gasteiger partial charge in [-0.3, -0.25) is 14.5 Å². The molecule has 5 heteroatoms. The summed E-state index contributed by atoms with van der Waals surface area (Å²) in [7, 11) is 1.78. The maximum atomic E-state index is 12.4. The summed E-state index contributed by atoms with van der Waals surface area (Å²) >= 11 is 0. The van der Waals surface area contributed by atoms with E-state index in [0.29, 0.717) is 11.4 Å². The second-order valence-corrected chi connectivity index (χ2v) is 4.28. The monoisotopic (exact) mass is 252 g/mol. The number of nitrogens with zero attached hydrogens (tertiary/aromatic N) is 4. The summed E-state index contributed by atoms with van der Waals surface area (Å²) in [5.74, 6) is 0.681. The number of aromatic nitrogens is 4. The van der Waals surface area contributed by atoms with Crippen molar-refractivity contribution in [3.63, 3.8) is 0 Å². The number of benzene rings is 1. The van der Waals surface area contributed by atoms with Crippen LogP contribution in [-0.2, 0) is 13.5 Å². The maximum Gasteiger partial charge on any atom is 0.171 e. The molecular weight excluding hydrogens is 240 g/mol. The SMILES string of the molecule is Cn1ncnc1CC(=O)c1cccc2ncccc12. The third kappa shape index (κ3) is 2.10. The van der Waals surface area contributed by atoms with E-state index in [1.165, 1.54) is 6.33 Å². The van der Waals surface area contributed by atoms with Gasteiger partial charge in [-0.2, -0.15) is 5.10 Å². The fraction of sp³-hybridized carbons (Fsp3) is 0.143. The molecule has 5 nitrogen and oxygen atoms in total. The van der Waals surface area contributed by atoms with E-state index in [4.69, 9.17) is 0 Å². The van der Waals surface area contributed by atoms with Crippen molar-refractivity contribution in [3.05, 3.63) is 54.2 Å². The smallest absolute Gasteiger partial charge is 0.171 e. The number of fused-ring (bicyclic) bond motifs is 1. The van der Waals surface area contributed by atoms with Crippen LogP contribution in [0.2, 0.25) is 0 Å². The lowest BCUT2D eigenvalue weighted by atomic mass is 10.0. The van der Waals surface area contributed by atoms with Crippen molar-refractivity contribution in [2.45, 2.75) is 6.42 Å². The van der Waals surface area contributed by atoms with Crippen molar-refractivity contribution in [1.29, 1.82) is 0 Å². The number of hydrogen-bond donors (Lipinski definition) is 0. The number of hydrogen-bond acceptors (Lipinski definition) is 4. The zero-order valence-electron chi connectivity index (χ0n) is 10.4. The molecule has 0 aliphatic carbocycles. The molecule has 0 aliphatic rings. The lowest BCUT2D eigenvalue weighted by Crippen LogP contribution is -2.09. The van der Waals surface area contributed by atoms with Crippen molar-refractivity contribution >= 4 is 16.7 Å². The molecule has 0 unspecified atom stereocenters. The Morgan fingerprint density at radius 2 is 2.11 bits per heavy atom. The molecule has 0 aliphatic heterocycles. The molecule has 1 aromatic carbocycles. The van der Waals surface area contributed by atoms with Gasteiger partial charge in [0.25, 0.3) is 0 Å². The first-order valence-electron chi connectivity index (χ1n) is 5.95. The number of aryl methyl sites for hydroxylation is 1. The minimum absolute atomic E-state index is 0.0229. The van der Waals surface area contributed by atoms with E-state index in [0.717, 1.165) is 10.9 Å². The van der Waals surface area contributed by atoms with Crippen LogP contribution in [0.3, 0.4) is 0 Å². The number of pyridine rings is 1. The number of rotatable bonds is 3. The van der Waals surface area contributed by atoms with Gasteiger partial charge in [0, 0.05) is 24.2 Å². The standard InChI is InChI=1S/C14H12N4O/c1-18-14(16-9-17-18)8-13(19)11-4-2-6-12-10(11)5-3-7-15-12/h2-7,9H,8H2,1H3. The molecule has 19 heavy (non-hydrogen) atoms. The Balaban J connectivity index is 2.00. The number of carbonyl (C=O) groups is 1. The van der Waals surface area contributed by atoms with Crippen LogP contribution in [0.15, 0.2) is 42.9 Å². The van der Waals surface area contributed by atoms with E-state index in [1.807, 2.05) is 30.3 Å². The molecular formula is C14H12N4O.